The van der Waals surface area contributed by atoms with Crippen molar-refractivity contribution in [3.05, 3.63) is 65.6 Å². The number of aryl methyl sites for hydroxylation is 1. The molecule has 3 aromatic rings. The Morgan fingerprint density at radius 2 is 1.96 bits per heavy atom. The molecular weight excluding hydrogens is 295 g/mol. The minimum absolute atomic E-state index is 0.108. The van der Waals surface area contributed by atoms with E-state index in [0.29, 0.717) is 18.7 Å². The number of halogens is 1. The van der Waals surface area contributed by atoms with E-state index >= 15 is 0 Å². The quantitative estimate of drug-likeness (QED) is 0.730. The molecule has 1 aliphatic heterocycles. The maximum atomic E-state index is 14.4. The molecule has 4 heterocycles. The monoisotopic (exact) mass is 310 g/mol. The van der Waals surface area contributed by atoms with Crippen molar-refractivity contribution < 1.29 is 9.18 Å². The van der Waals surface area contributed by atoms with Crippen LogP contribution < -0.4 is 0 Å². The molecule has 0 aliphatic carbocycles. The van der Waals surface area contributed by atoms with Crippen LogP contribution in [0.4, 0.5) is 4.39 Å². The fraction of sp³-hybridized carbons (Fsp3) is 0.235. The van der Waals surface area contributed by atoms with E-state index in [2.05, 4.69) is 9.97 Å². The number of carbonyl (C=O) groups is 1. The van der Waals surface area contributed by atoms with Crippen LogP contribution in [0.5, 0.6) is 0 Å². The fourth-order valence-corrected chi connectivity index (χ4v) is 2.90. The summed E-state index contributed by atoms with van der Waals surface area (Å²) in [6.07, 6.45) is 5.12. The molecule has 1 saturated heterocycles. The molecule has 116 valence electrons. The molecule has 3 aromatic heterocycles. The molecule has 5 nitrogen and oxygen atoms in total. The van der Waals surface area contributed by atoms with Gasteiger partial charge in [0, 0.05) is 37.6 Å². The third-order valence-corrected chi connectivity index (χ3v) is 4.26. The number of likely N-dealkylation sites (tertiary alicyclic amines) is 1. The first-order chi connectivity index (χ1) is 11.1. The van der Waals surface area contributed by atoms with Crippen LogP contribution in [0.2, 0.25) is 0 Å². The van der Waals surface area contributed by atoms with Crippen molar-refractivity contribution in [2.75, 3.05) is 13.1 Å². The van der Waals surface area contributed by atoms with Gasteiger partial charge in [-0.2, -0.15) is 4.39 Å². The van der Waals surface area contributed by atoms with Crippen LogP contribution in [-0.4, -0.2) is 38.3 Å². The van der Waals surface area contributed by atoms with Crippen LogP contribution in [0.1, 0.15) is 27.5 Å². The Kier molecular flexibility index (Phi) is 3.11. The van der Waals surface area contributed by atoms with Gasteiger partial charge < -0.3 is 4.90 Å². The van der Waals surface area contributed by atoms with Gasteiger partial charge >= 0.3 is 0 Å². The zero-order valence-electron chi connectivity index (χ0n) is 12.6. The number of carbonyl (C=O) groups excluding carboxylic acids is 1. The lowest BCUT2D eigenvalue weighted by Gasteiger charge is -2.39. The highest BCUT2D eigenvalue weighted by Crippen LogP contribution is 2.28. The van der Waals surface area contributed by atoms with E-state index in [9.17, 15) is 9.18 Å². The molecule has 0 spiro atoms. The highest BCUT2D eigenvalue weighted by atomic mass is 19.1. The first-order valence-electron chi connectivity index (χ1n) is 7.47. The van der Waals surface area contributed by atoms with Gasteiger partial charge in [-0.25, -0.2) is 4.98 Å². The van der Waals surface area contributed by atoms with E-state index in [1.165, 1.54) is 4.40 Å². The van der Waals surface area contributed by atoms with Crippen LogP contribution >= 0.6 is 0 Å². The number of rotatable bonds is 2. The fourth-order valence-electron chi connectivity index (χ4n) is 2.90. The van der Waals surface area contributed by atoms with Gasteiger partial charge in [-0.15, -0.1) is 0 Å². The van der Waals surface area contributed by atoms with Gasteiger partial charge in [0.05, 0.1) is 0 Å². The van der Waals surface area contributed by atoms with Crippen molar-refractivity contribution in [3.8, 4) is 0 Å². The van der Waals surface area contributed by atoms with Crippen LogP contribution in [0, 0.1) is 12.9 Å². The minimum Gasteiger partial charge on any atom is -0.336 e. The van der Waals surface area contributed by atoms with Crippen LogP contribution in [0.3, 0.4) is 0 Å². The van der Waals surface area contributed by atoms with Crippen molar-refractivity contribution >= 4 is 11.6 Å². The zero-order valence-corrected chi connectivity index (χ0v) is 12.6. The second kappa shape index (κ2) is 5.15. The maximum absolute atomic E-state index is 14.4. The summed E-state index contributed by atoms with van der Waals surface area (Å²) in [6, 6.07) is 7.45. The Labute approximate surface area is 132 Å². The van der Waals surface area contributed by atoms with Crippen molar-refractivity contribution in [3.63, 3.8) is 0 Å². The zero-order chi connectivity index (χ0) is 16.0. The second-order valence-corrected chi connectivity index (χ2v) is 5.87. The Morgan fingerprint density at radius 1 is 1.22 bits per heavy atom. The lowest BCUT2D eigenvalue weighted by Crippen LogP contribution is -2.48. The normalized spacial score (nSPS) is 15.0. The Bertz CT molecular complexity index is 884. The summed E-state index contributed by atoms with van der Waals surface area (Å²) in [4.78, 5) is 22.2. The van der Waals surface area contributed by atoms with Crippen molar-refractivity contribution in [2.45, 2.75) is 12.8 Å². The van der Waals surface area contributed by atoms with Gasteiger partial charge in [-0.3, -0.25) is 14.2 Å². The van der Waals surface area contributed by atoms with Crippen molar-refractivity contribution in [1.29, 1.82) is 0 Å². The molecule has 0 bridgehead atoms. The topological polar surface area (TPSA) is 50.5 Å². The Hall–Kier alpha value is -2.76. The smallest absolute Gasteiger partial charge is 0.277 e. The second-order valence-electron chi connectivity index (χ2n) is 5.87. The minimum atomic E-state index is -0.596. The van der Waals surface area contributed by atoms with Gasteiger partial charge in [0.15, 0.2) is 5.69 Å². The molecule has 0 atom stereocenters. The maximum Gasteiger partial charge on any atom is 0.277 e. The Morgan fingerprint density at radius 3 is 2.70 bits per heavy atom. The molecule has 0 radical (unpaired) electrons. The van der Waals surface area contributed by atoms with Gasteiger partial charge in [-0.1, -0.05) is 6.07 Å². The average Bonchev–Trinajstić information content (AvgIpc) is 2.84. The molecule has 0 aromatic carbocycles. The molecule has 0 N–H and O–H groups in total. The number of hydrogen-bond donors (Lipinski definition) is 0. The standard InChI is InChI=1S/C17H15FN4O/c1-11-2-3-14-20-15(16(18)22(14)8-11)17(23)21-9-13(10-21)12-4-6-19-7-5-12/h2-8,13H,9-10H2,1H3. The number of pyridine rings is 2. The third kappa shape index (κ3) is 2.27. The summed E-state index contributed by atoms with van der Waals surface area (Å²) < 4.78 is 15.8. The molecule has 1 amide bonds. The first kappa shape index (κ1) is 13.9. The van der Waals surface area contributed by atoms with Gasteiger partial charge in [0.2, 0.25) is 5.95 Å². The number of imidazole rings is 1. The summed E-state index contributed by atoms with van der Waals surface area (Å²) in [5.74, 6) is -0.667. The number of amides is 1. The van der Waals surface area contributed by atoms with Crippen molar-refractivity contribution in [1.82, 2.24) is 19.3 Å². The highest BCUT2D eigenvalue weighted by Gasteiger charge is 2.35. The summed E-state index contributed by atoms with van der Waals surface area (Å²) in [5.41, 5.74) is 2.40. The van der Waals surface area contributed by atoms with Crippen LogP contribution in [0.15, 0.2) is 42.9 Å². The molecule has 0 saturated carbocycles. The molecule has 4 rings (SSSR count). The van der Waals surface area contributed by atoms with Crippen LogP contribution in [-0.2, 0) is 0 Å². The molecular formula is C17H15FN4O. The number of aromatic nitrogens is 3. The SMILES string of the molecule is Cc1ccc2nc(C(=O)N3CC(c4ccncc4)C3)c(F)n2c1. The van der Waals surface area contributed by atoms with E-state index in [-0.39, 0.29) is 17.5 Å². The lowest BCUT2D eigenvalue weighted by molar-refractivity contribution is 0.0591. The van der Waals surface area contributed by atoms with Gasteiger partial charge in [0.25, 0.3) is 5.91 Å². The van der Waals surface area contributed by atoms with E-state index in [0.717, 1.165) is 11.1 Å². The van der Waals surface area contributed by atoms with E-state index in [4.69, 9.17) is 0 Å². The first-order valence-corrected chi connectivity index (χ1v) is 7.47. The predicted octanol–water partition coefficient (Wildman–Crippen LogP) is 2.42. The van der Waals surface area contributed by atoms with Gasteiger partial charge in [-0.05, 0) is 36.2 Å². The number of nitrogens with zero attached hydrogens (tertiary/aromatic N) is 4. The van der Waals surface area contributed by atoms with E-state index in [1.54, 1.807) is 29.6 Å². The van der Waals surface area contributed by atoms with Crippen molar-refractivity contribution in [2.24, 2.45) is 0 Å². The van der Waals surface area contributed by atoms with Crippen LogP contribution in [0.25, 0.3) is 5.65 Å². The number of fused-ring (bicyclic) bond motifs is 1. The summed E-state index contributed by atoms with van der Waals surface area (Å²) >= 11 is 0. The summed E-state index contributed by atoms with van der Waals surface area (Å²) in [5, 5.41) is 0. The summed E-state index contributed by atoms with van der Waals surface area (Å²) in [7, 11) is 0. The summed E-state index contributed by atoms with van der Waals surface area (Å²) in [6.45, 7) is 3.03. The molecule has 1 aliphatic rings. The molecule has 6 heteroatoms. The lowest BCUT2D eigenvalue weighted by atomic mass is 9.92. The largest absolute Gasteiger partial charge is 0.336 e. The van der Waals surface area contributed by atoms with Gasteiger partial charge in [0.1, 0.15) is 5.65 Å². The Balaban J connectivity index is 1.56. The molecule has 1 fully saturated rings. The highest BCUT2D eigenvalue weighted by molar-refractivity contribution is 5.94. The van der Waals surface area contributed by atoms with E-state index < -0.39 is 5.95 Å². The molecule has 23 heavy (non-hydrogen) atoms. The molecule has 0 unspecified atom stereocenters. The average molecular weight is 310 g/mol. The third-order valence-electron chi connectivity index (χ3n) is 4.26. The van der Waals surface area contributed by atoms with E-state index in [1.807, 2.05) is 25.1 Å². The number of hydrogen-bond acceptors (Lipinski definition) is 3. The predicted molar refractivity (Wildman–Crippen MR) is 82.8 cm³/mol.